The van der Waals surface area contributed by atoms with Gasteiger partial charge in [-0.2, -0.15) is 0 Å². The average Bonchev–Trinajstić information content (AvgIpc) is 3.30. The van der Waals surface area contributed by atoms with Gasteiger partial charge in [0.1, 0.15) is 11.5 Å². The summed E-state index contributed by atoms with van der Waals surface area (Å²) in [5, 5.41) is 8.90. The largest absolute Gasteiger partial charge is 0.497 e. The summed E-state index contributed by atoms with van der Waals surface area (Å²) >= 11 is 4.61. The molecule has 1 aliphatic rings. The second-order valence-electron chi connectivity index (χ2n) is 9.08. The highest BCUT2D eigenvalue weighted by atomic mass is 79.9. The van der Waals surface area contributed by atoms with E-state index in [2.05, 4.69) is 15.9 Å². The third-order valence-electron chi connectivity index (χ3n) is 6.39. The van der Waals surface area contributed by atoms with Crippen LogP contribution in [0.3, 0.4) is 0 Å². The fourth-order valence-electron chi connectivity index (χ4n) is 4.58. The number of hydrogen-bond donors (Lipinski definition) is 1. The van der Waals surface area contributed by atoms with Crippen molar-refractivity contribution in [3.05, 3.63) is 119 Å². The van der Waals surface area contributed by atoms with E-state index in [4.69, 9.17) is 24.3 Å². The highest BCUT2D eigenvalue weighted by Crippen LogP contribution is 2.36. The van der Waals surface area contributed by atoms with Crippen molar-refractivity contribution in [2.45, 2.75) is 13.0 Å². The van der Waals surface area contributed by atoms with Crippen LogP contribution in [0.5, 0.6) is 11.5 Å². The Hall–Kier alpha value is -4.48. The number of carbonyl (C=O) groups excluding carboxylic acids is 1. The van der Waals surface area contributed by atoms with Gasteiger partial charge >= 0.3 is 11.9 Å². The van der Waals surface area contributed by atoms with E-state index < -0.39 is 24.6 Å². The van der Waals surface area contributed by atoms with Gasteiger partial charge < -0.3 is 19.3 Å². The predicted octanol–water partition coefficient (Wildman–Crippen LogP) is 4.17. The van der Waals surface area contributed by atoms with Crippen molar-refractivity contribution in [1.29, 1.82) is 0 Å². The van der Waals surface area contributed by atoms with E-state index in [0.29, 0.717) is 47.7 Å². The third-order valence-corrected chi connectivity index (χ3v) is 7.99. The number of fused-ring (bicyclic) bond motifs is 1. The summed E-state index contributed by atoms with van der Waals surface area (Å²) in [5.74, 6) is -0.718. The Morgan fingerprint density at radius 2 is 1.88 bits per heavy atom. The van der Waals surface area contributed by atoms with E-state index in [1.807, 2.05) is 36.4 Å². The number of esters is 1. The summed E-state index contributed by atoms with van der Waals surface area (Å²) in [7, 11) is 1.55. The Labute approximate surface area is 252 Å². The number of rotatable bonds is 9. The maximum atomic E-state index is 14.0. The first-order valence-corrected chi connectivity index (χ1v) is 14.5. The monoisotopic (exact) mass is 648 g/mol. The van der Waals surface area contributed by atoms with Crippen molar-refractivity contribution in [3.63, 3.8) is 0 Å². The quantitative estimate of drug-likeness (QED) is 0.271. The zero-order chi connectivity index (χ0) is 29.8. The first kappa shape index (κ1) is 29.0. The van der Waals surface area contributed by atoms with Gasteiger partial charge in [-0.05, 0) is 64.3 Å². The van der Waals surface area contributed by atoms with Gasteiger partial charge in [-0.25, -0.2) is 14.6 Å². The Bertz CT molecular complexity index is 1880. The first-order chi connectivity index (χ1) is 20.3. The summed E-state index contributed by atoms with van der Waals surface area (Å²) in [5.41, 5.74) is 2.40. The summed E-state index contributed by atoms with van der Waals surface area (Å²) < 4.78 is 18.7. The lowest BCUT2D eigenvalue weighted by Crippen LogP contribution is -2.40. The van der Waals surface area contributed by atoms with Gasteiger partial charge in [-0.3, -0.25) is 9.36 Å². The van der Waals surface area contributed by atoms with Crippen LogP contribution in [0.1, 0.15) is 29.7 Å². The van der Waals surface area contributed by atoms with Crippen LogP contribution in [0.2, 0.25) is 0 Å². The molecule has 1 aliphatic heterocycles. The van der Waals surface area contributed by atoms with E-state index in [9.17, 15) is 14.4 Å². The third kappa shape index (κ3) is 5.93. The van der Waals surface area contributed by atoms with E-state index in [1.165, 1.54) is 15.9 Å². The predicted molar refractivity (Wildman–Crippen MR) is 161 cm³/mol. The first-order valence-electron chi connectivity index (χ1n) is 12.9. The fourth-order valence-corrected chi connectivity index (χ4v) is 6.09. The van der Waals surface area contributed by atoms with Crippen LogP contribution in [0.15, 0.2) is 92.6 Å². The topological polar surface area (TPSA) is 116 Å². The van der Waals surface area contributed by atoms with Crippen LogP contribution < -0.4 is 24.4 Å². The molecule has 42 heavy (non-hydrogen) atoms. The molecule has 1 aromatic heterocycles. The van der Waals surface area contributed by atoms with Crippen LogP contribution in [0, 0.1) is 0 Å². The zero-order valence-corrected chi connectivity index (χ0v) is 25.0. The lowest BCUT2D eigenvalue weighted by atomic mass is 9.93. The number of hydrogen-bond acceptors (Lipinski definition) is 8. The van der Waals surface area contributed by atoms with Crippen molar-refractivity contribution >= 4 is 51.0 Å². The van der Waals surface area contributed by atoms with Crippen LogP contribution in [-0.2, 0) is 14.3 Å². The molecule has 214 valence electrons. The number of carboxylic acids is 1. The van der Waals surface area contributed by atoms with Gasteiger partial charge in [0.15, 0.2) is 11.4 Å². The smallest absolute Gasteiger partial charge is 0.341 e. The number of ether oxygens (including phenoxy) is 3. The Kier molecular flexibility index (Phi) is 8.69. The van der Waals surface area contributed by atoms with Crippen molar-refractivity contribution in [1.82, 2.24) is 4.57 Å². The summed E-state index contributed by atoms with van der Waals surface area (Å²) in [6.07, 6.45) is 1.72. The van der Waals surface area contributed by atoms with Crippen LogP contribution >= 0.6 is 27.3 Å². The number of nitrogens with zero attached hydrogens (tertiary/aromatic N) is 2. The maximum Gasteiger partial charge on any atom is 0.341 e. The molecule has 1 N–H and O–H groups in total. The minimum absolute atomic E-state index is 0.153. The number of halogens is 1. The molecule has 0 spiro atoms. The molecule has 11 heteroatoms. The second-order valence-corrected chi connectivity index (χ2v) is 10.9. The van der Waals surface area contributed by atoms with Crippen LogP contribution in [0.25, 0.3) is 11.8 Å². The molecular formula is C31H25BrN2O7S. The van der Waals surface area contributed by atoms with E-state index in [0.717, 1.165) is 0 Å². The SMILES string of the molecule is CCOC(=O)C1=C(c2ccccc2)N=c2s/c(=C/c3ccc(OCC(=O)O)c(Br)c3)c(=O)n2[C@H]1c1cccc(OC)c1. The normalized spacial score (nSPS) is 14.6. The van der Waals surface area contributed by atoms with Crippen LogP contribution in [-0.4, -0.2) is 41.9 Å². The van der Waals surface area contributed by atoms with Crippen molar-refractivity contribution in [3.8, 4) is 11.5 Å². The van der Waals surface area contributed by atoms with Gasteiger partial charge in [-0.1, -0.05) is 59.9 Å². The standard InChI is InChI=1S/C31H25BrN2O7S/c1-3-40-30(38)26-27(19-8-5-4-6-9-19)33-31-34(28(26)20-10-7-11-21(16-20)39-2)29(37)24(42-31)15-18-12-13-23(22(32)14-18)41-17-25(35)36/h4-16,28H,3,17H2,1-2H3,(H,35,36)/b24-15+/t28-/m0/s1. The number of thiazole rings is 1. The van der Waals surface area contributed by atoms with Crippen molar-refractivity contribution in [2.75, 3.05) is 20.3 Å². The average molecular weight is 650 g/mol. The van der Waals surface area contributed by atoms with Gasteiger partial charge in [-0.15, -0.1) is 0 Å². The van der Waals surface area contributed by atoms with Gasteiger partial charge in [0.05, 0.1) is 40.0 Å². The molecule has 3 aromatic carbocycles. The Morgan fingerprint density at radius 3 is 2.57 bits per heavy atom. The molecule has 0 aliphatic carbocycles. The number of benzene rings is 3. The van der Waals surface area contributed by atoms with Crippen molar-refractivity contribution < 1.29 is 28.9 Å². The minimum Gasteiger partial charge on any atom is -0.497 e. The molecule has 4 aromatic rings. The highest BCUT2D eigenvalue weighted by molar-refractivity contribution is 9.10. The number of carbonyl (C=O) groups is 2. The zero-order valence-electron chi connectivity index (χ0n) is 22.6. The molecule has 0 amide bonds. The number of aromatic nitrogens is 1. The van der Waals surface area contributed by atoms with Gasteiger partial charge in [0, 0.05) is 5.56 Å². The lowest BCUT2D eigenvalue weighted by molar-refractivity contribution is -0.140. The molecule has 9 nitrogen and oxygen atoms in total. The number of aliphatic carboxylic acids is 1. The molecule has 0 saturated heterocycles. The molecule has 0 saturated carbocycles. The summed E-state index contributed by atoms with van der Waals surface area (Å²) in [6, 6.07) is 20.8. The molecule has 0 bridgehead atoms. The summed E-state index contributed by atoms with van der Waals surface area (Å²) in [4.78, 5) is 43.7. The molecule has 1 atom stereocenters. The lowest BCUT2D eigenvalue weighted by Gasteiger charge is -2.26. The van der Waals surface area contributed by atoms with E-state index in [1.54, 1.807) is 56.5 Å². The van der Waals surface area contributed by atoms with Crippen LogP contribution in [0.4, 0.5) is 0 Å². The molecule has 0 unspecified atom stereocenters. The minimum atomic E-state index is -1.09. The number of methoxy groups -OCH3 is 1. The van der Waals surface area contributed by atoms with E-state index in [-0.39, 0.29) is 17.7 Å². The second kappa shape index (κ2) is 12.6. The Morgan fingerprint density at radius 1 is 1.10 bits per heavy atom. The maximum absolute atomic E-state index is 14.0. The highest BCUT2D eigenvalue weighted by Gasteiger charge is 2.35. The molecule has 0 radical (unpaired) electrons. The number of carboxylic acid groups (broad SMARTS) is 1. The van der Waals surface area contributed by atoms with Gasteiger partial charge in [0.25, 0.3) is 5.56 Å². The molecular weight excluding hydrogens is 624 g/mol. The summed E-state index contributed by atoms with van der Waals surface area (Å²) in [6.45, 7) is 1.40. The fraction of sp³-hybridized carbons (Fsp3) is 0.161. The van der Waals surface area contributed by atoms with Crippen molar-refractivity contribution in [2.24, 2.45) is 4.99 Å². The van der Waals surface area contributed by atoms with Gasteiger partial charge in [0.2, 0.25) is 0 Å². The molecule has 0 fully saturated rings. The molecule has 2 heterocycles. The van der Waals surface area contributed by atoms with E-state index >= 15 is 0 Å². The Balaban J connectivity index is 1.73. The molecule has 5 rings (SSSR count).